The van der Waals surface area contributed by atoms with Crippen LogP contribution >= 0.6 is 23.1 Å². The van der Waals surface area contributed by atoms with Crippen molar-refractivity contribution in [3.05, 3.63) is 53.6 Å². The number of hydrogen-bond acceptors (Lipinski definition) is 6. The summed E-state index contributed by atoms with van der Waals surface area (Å²) in [5.41, 5.74) is 2.96. The third kappa shape index (κ3) is 5.29. The zero-order chi connectivity index (χ0) is 21.6. The van der Waals surface area contributed by atoms with E-state index in [2.05, 4.69) is 30.0 Å². The number of fused-ring (bicyclic) bond motifs is 1. The van der Waals surface area contributed by atoms with Gasteiger partial charge in [0.1, 0.15) is 0 Å². The summed E-state index contributed by atoms with van der Waals surface area (Å²) in [7, 11) is 0. The Labute approximate surface area is 192 Å². The lowest BCUT2D eigenvalue weighted by Gasteiger charge is -2.27. The summed E-state index contributed by atoms with van der Waals surface area (Å²) < 4.78 is 6.59. The molecule has 3 aromatic rings. The number of ether oxygens (including phenoxy) is 1. The smallest absolute Gasteiger partial charge is 0.260 e. The Morgan fingerprint density at radius 3 is 2.68 bits per heavy atom. The van der Waals surface area contributed by atoms with Crippen LogP contribution in [0.25, 0.3) is 10.2 Å². The van der Waals surface area contributed by atoms with Gasteiger partial charge in [-0.25, -0.2) is 4.98 Å². The van der Waals surface area contributed by atoms with Gasteiger partial charge in [0.2, 0.25) is 0 Å². The van der Waals surface area contributed by atoms with Crippen molar-refractivity contribution in [1.82, 2.24) is 9.88 Å². The van der Waals surface area contributed by atoms with Crippen LogP contribution in [0.15, 0.2) is 47.4 Å². The Hall–Kier alpha value is -1.93. The molecule has 0 bridgehead atoms. The number of carbonyl (C=O) groups excluding carboxylic acids is 1. The van der Waals surface area contributed by atoms with E-state index in [9.17, 15) is 4.79 Å². The molecule has 0 spiro atoms. The van der Waals surface area contributed by atoms with Crippen LogP contribution in [0.4, 0.5) is 5.13 Å². The number of hydrogen-bond donors (Lipinski definition) is 0. The molecular weight excluding hydrogens is 426 g/mol. The largest absolute Gasteiger partial charge is 0.379 e. The summed E-state index contributed by atoms with van der Waals surface area (Å²) in [5, 5.41) is 0.789. The number of aryl methyl sites for hydroxylation is 1. The van der Waals surface area contributed by atoms with Crippen molar-refractivity contribution in [1.29, 1.82) is 0 Å². The summed E-state index contributed by atoms with van der Waals surface area (Å²) in [6.45, 7) is 7.28. The fourth-order valence-corrected chi connectivity index (χ4v) is 5.29. The van der Waals surface area contributed by atoms with E-state index in [1.807, 2.05) is 35.4 Å². The second kappa shape index (κ2) is 10.6. The Morgan fingerprint density at radius 2 is 1.97 bits per heavy atom. The molecule has 4 rings (SSSR count). The Balaban J connectivity index is 1.58. The van der Waals surface area contributed by atoms with Crippen LogP contribution < -0.4 is 4.90 Å². The minimum atomic E-state index is 0.0201. The van der Waals surface area contributed by atoms with E-state index >= 15 is 0 Å². The maximum atomic E-state index is 13.5. The van der Waals surface area contributed by atoms with Crippen LogP contribution in [0.3, 0.4) is 0 Å². The first-order valence-electron chi connectivity index (χ1n) is 10.8. The van der Waals surface area contributed by atoms with Crippen LogP contribution in [-0.4, -0.2) is 61.4 Å². The average molecular weight is 456 g/mol. The predicted octanol–water partition coefficient (Wildman–Crippen LogP) is 4.95. The molecule has 0 N–H and O–H groups in total. The molecule has 0 saturated carbocycles. The number of para-hydroxylation sites is 1. The van der Waals surface area contributed by atoms with Crippen molar-refractivity contribution >= 4 is 44.4 Å². The fourth-order valence-electron chi connectivity index (χ4n) is 3.85. The molecule has 1 fully saturated rings. The van der Waals surface area contributed by atoms with Gasteiger partial charge in [0.25, 0.3) is 5.91 Å². The summed E-state index contributed by atoms with van der Waals surface area (Å²) in [6.07, 6.45) is 3.88. The van der Waals surface area contributed by atoms with Crippen molar-refractivity contribution in [2.45, 2.75) is 24.7 Å². The van der Waals surface area contributed by atoms with E-state index in [1.165, 1.54) is 5.56 Å². The highest BCUT2D eigenvalue weighted by Gasteiger charge is 2.22. The maximum absolute atomic E-state index is 13.5. The van der Waals surface area contributed by atoms with Crippen LogP contribution in [0.5, 0.6) is 0 Å². The van der Waals surface area contributed by atoms with Crippen molar-refractivity contribution in [3.63, 3.8) is 0 Å². The number of nitrogens with zero attached hydrogens (tertiary/aromatic N) is 3. The second-order valence-electron chi connectivity index (χ2n) is 7.61. The summed E-state index contributed by atoms with van der Waals surface area (Å²) in [5.74, 6) is 0.0201. The minimum Gasteiger partial charge on any atom is -0.379 e. The van der Waals surface area contributed by atoms with Gasteiger partial charge >= 0.3 is 0 Å². The van der Waals surface area contributed by atoms with Crippen molar-refractivity contribution in [2.75, 3.05) is 50.5 Å². The first-order valence-corrected chi connectivity index (χ1v) is 12.9. The topological polar surface area (TPSA) is 45.7 Å². The molecule has 2 heterocycles. The number of rotatable bonds is 8. The summed E-state index contributed by atoms with van der Waals surface area (Å²) in [6, 6.07) is 14.2. The first-order chi connectivity index (χ1) is 15.2. The highest BCUT2D eigenvalue weighted by Crippen LogP contribution is 2.32. The molecule has 5 nitrogen and oxygen atoms in total. The molecule has 0 radical (unpaired) electrons. The van der Waals surface area contributed by atoms with Gasteiger partial charge < -0.3 is 4.74 Å². The van der Waals surface area contributed by atoms with Crippen molar-refractivity contribution < 1.29 is 9.53 Å². The molecule has 0 atom stereocenters. The average Bonchev–Trinajstić information content (AvgIpc) is 3.26. The van der Waals surface area contributed by atoms with Gasteiger partial charge in [-0.3, -0.25) is 14.6 Å². The zero-order valence-electron chi connectivity index (χ0n) is 18.2. The Morgan fingerprint density at radius 1 is 1.19 bits per heavy atom. The Kier molecular flexibility index (Phi) is 7.61. The highest BCUT2D eigenvalue weighted by atomic mass is 32.2. The van der Waals surface area contributed by atoms with Gasteiger partial charge in [0.05, 0.1) is 23.4 Å². The zero-order valence-corrected chi connectivity index (χ0v) is 19.8. The molecule has 164 valence electrons. The minimum absolute atomic E-state index is 0.0201. The number of benzene rings is 2. The van der Waals surface area contributed by atoms with Gasteiger partial charge in [-0.2, -0.15) is 0 Å². The van der Waals surface area contributed by atoms with Crippen molar-refractivity contribution in [3.8, 4) is 0 Å². The third-order valence-electron chi connectivity index (χ3n) is 5.64. The SMILES string of the molecule is CCc1cccc2sc(N(CCCN3CCOCC3)C(=O)c3ccc(SC)cc3)nc12. The molecule has 31 heavy (non-hydrogen) atoms. The number of thiazole rings is 1. The fraction of sp³-hybridized carbons (Fsp3) is 0.417. The molecule has 1 aliphatic heterocycles. The van der Waals surface area contributed by atoms with Crippen molar-refractivity contribution in [2.24, 2.45) is 0 Å². The standard InChI is InChI=1S/C24H29N3O2S2/c1-3-18-6-4-7-21-22(18)25-24(31-21)27(13-5-12-26-14-16-29-17-15-26)23(28)19-8-10-20(30-2)11-9-19/h4,6-11H,3,5,12-17H2,1-2H3. The van der Waals surface area contributed by atoms with E-state index in [0.29, 0.717) is 12.1 Å². The van der Waals surface area contributed by atoms with E-state index in [-0.39, 0.29) is 5.91 Å². The number of carbonyl (C=O) groups is 1. The first kappa shape index (κ1) is 22.3. The summed E-state index contributed by atoms with van der Waals surface area (Å²) >= 11 is 3.29. The number of anilines is 1. The Bertz CT molecular complexity index is 1010. The third-order valence-corrected chi connectivity index (χ3v) is 7.43. The number of morpholine rings is 1. The number of thioether (sulfide) groups is 1. The molecule has 0 aliphatic carbocycles. The van der Waals surface area contributed by atoms with E-state index in [4.69, 9.17) is 9.72 Å². The second-order valence-corrected chi connectivity index (χ2v) is 9.50. The molecule has 1 aliphatic rings. The monoisotopic (exact) mass is 455 g/mol. The van der Waals surface area contributed by atoms with Gasteiger partial charge in [0, 0.05) is 36.6 Å². The van der Waals surface area contributed by atoms with Crippen LogP contribution in [0, 0.1) is 0 Å². The van der Waals surface area contributed by atoms with E-state index in [0.717, 1.165) is 65.9 Å². The molecule has 1 amide bonds. The molecule has 1 aromatic heterocycles. The predicted molar refractivity (Wildman–Crippen MR) is 131 cm³/mol. The lowest BCUT2D eigenvalue weighted by molar-refractivity contribution is 0.0376. The van der Waals surface area contributed by atoms with Gasteiger partial charge in [0.15, 0.2) is 5.13 Å². The molecule has 1 saturated heterocycles. The molecule has 0 unspecified atom stereocenters. The number of aromatic nitrogens is 1. The molecular formula is C24H29N3O2S2. The van der Waals surface area contributed by atoms with Crippen LogP contribution in [-0.2, 0) is 11.2 Å². The van der Waals surface area contributed by atoms with E-state index < -0.39 is 0 Å². The highest BCUT2D eigenvalue weighted by molar-refractivity contribution is 7.98. The quantitative estimate of drug-likeness (QED) is 0.450. The van der Waals surface area contributed by atoms with Gasteiger partial charge in [-0.05, 0) is 55.0 Å². The molecule has 2 aromatic carbocycles. The summed E-state index contributed by atoms with van der Waals surface area (Å²) in [4.78, 5) is 23.9. The van der Waals surface area contributed by atoms with Gasteiger partial charge in [-0.1, -0.05) is 30.4 Å². The van der Waals surface area contributed by atoms with Crippen LogP contribution in [0.2, 0.25) is 0 Å². The normalized spacial score (nSPS) is 14.8. The van der Waals surface area contributed by atoms with Gasteiger partial charge in [-0.15, -0.1) is 11.8 Å². The number of amides is 1. The lowest BCUT2D eigenvalue weighted by Crippen LogP contribution is -2.39. The van der Waals surface area contributed by atoms with E-state index in [1.54, 1.807) is 23.1 Å². The maximum Gasteiger partial charge on any atom is 0.260 e. The van der Waals surface area contributed by atoms with Crippen LogP contribution in [0.1, 0.15) is 29.3 Å². The molecule has 7 heteroatoms. The lowest BCUT2D eigenvalue weighted by atomic mass is 10.1.